The standard InChI is InChI=1S/C21H19Cl2N3O/c1-12-20(25-18-10-7-13-5-3-4-6-15(13)18)26(2)21(27)19(24-12)16-9-8-14(22)11-17(16)23/h3-6,8-9,11,18,25H,7,10H2,1-2H3/t18-/m1/s1. The molecule has 0 aliphatic heterocycles. The molecule has 6 heteroatoms. The third-order valence-electron chi connectivity index (χ3n) is 5.09. The number of anilines is 1. The molecular formula is C21H19Cl2N3O. The lowest BCUT2D eigenvalue weighted by Crippen LogP contribution is -2.26. The molecule has 0 saturated heterocycles. The quantitative estimate of drug-likeness (QED) is 0.661. The van der Waals surface area contributed by atoms with Gasteiger partial charge < -0.3 is 5.32 Å². The van der Waals surface area contributed by atoms with Gasteiger partial charge in [-0.3, -0.25) is 9.36 Å². The fraction of sp³-hybridized carbons (Fsp3) is 0.238. The van der Waals surface area contributed by atoms with Crippen LogP contribution in [0.4, 0.5) is 5.82 Å². The number of halogens is 2. The van der Waals surface area contributed by atoms with Crippen LogP contribution in [0.3, 0.4) is 0 Å². The van der Waals surface area contributed by atoms with E-state index in [1.165, 1.54) is 11.1 Å². The summed E-state index contributed by atoms with van der Waals surface area (Å²) >= 11 is 12.3. The third kappa shape index (κ3) is 3.24. The van der Waals surface area contributed by atoms with E-state index in [0.29, 0.717) is 21.3 Å². The highest BCUT2D eigenvalue weighted by Crippen LogP contribution is 2.34. The van der Waals surface area contributed by atoms with Crippen LogP contribution in [-0.2, 0) is 13.5 Å². The van der Waals surface area contributed by atoms with Crippen LogP contribution >= 0.6 is 23.2 Å². The van der Waals surface area contributed by atoms with Crippen molar-refractivity contribution >= 4 is 29.0 Å². The second kappa shape index (κ2) is 7.02. The van der Waals surface area contributed by atoms with E-state index in [1.54, 1.807) is 29.8 Å². The van der Waals surface area contributed by atoms with Crippen molar-refractivity contribution < 1.29 is 0 Å². The van der Waals surface area contributed by atoms with Crippen molar-refractivity contribution in [2.24, 2.45) is 7.05 Å². The molecule has 4 nitrogen and oxygen atoms in total. The smallest absolute Gasteiger partial charge is 0.278 e. The minimum atomic E-state index is -0.196. The van der Waals surface area contributed by atoms with Crippen molar-refractivity contribution in [2.75, 3.05) is 5.32 Å². The fourth-order valence-electron chi connectivity index (χ4n) is 3.70. The first-order valence-electron chi connectivity index (χ1n) is 8.83. The Morgan fingerprint density at radius 3 is 2.74 bits per heavy atom. The molecule has 0 bridgehead atoms. The Morgan fingerprint density at radius 2 is 1.96 bits per heavy atom. The summed E-state index contributed by atoms with van der Waals surface area (Å²) in [5, 5.41) is 4.46. The molecule has 1 aromatic heterocycles. The molecule has 1 heterocycles. The van der Waals surface area contributed by atoms with Gasteiger partial charge in [-0.1, -0.05) is 47.5 Å². The number of nitrogens with zero attached hydrogens (tertiary/aromatic N) is 2. The van der Waals surface area contributed by atoms with E-state index >= 15 is 0 Å². The van der Waals surface area contributed by atoms with Gasteiger partial charge in [0.1, 0.15) is 11.5 Å². The Labute approximate surface area is 167 Å². The molecule has 0 unspecified atom stereocenters. The van der Waals surface area contributed by atoms with Crippen LogP contribution in [-0.4, -0.2) is 9.55 Å². The maximum Gasteiger partial charge on any atom is 0.278 e. The molecular weight excluding hydrogens is 381 g/mol. The molecule has 27 heavy (non-hydrogen) atoms. The summed E-state index contributed by atoms with van der Waals surface area (Å²) in [5.74, 6) is 0.732. The van der Waals surface area contributed by atoms with Gasteiger partial charge in [-0.2, -0.15) is 0 Å². The van der Waals surface area contributed by atoms with E-state index < -0.39 is 0 Å². The molecule has 0 spiro atoms. The SMILES string of the molecule is Cc1nc(-c2ccc(Cl)cc2Cl)c(=O)n(C)c1N[C@@H]1CCc2ccccc21. The lowest BCUT2D eigenvalue weighted by molar-refractivity contribution is 0.729. The highest BCUT2D eigenvalue weighted by atomic mass is 35.5. The molecule has 0 fully saturated rings. The molecule has 0 amide bonds. The summed E-state index contributed by atoms with van der Waals surface area (Å²) in [6.45, 7) is 1.90. The summed E-state index contributed by atoms with van der Waals surface area (Å²) in [7, 11) is 1.76. The molecule has 1 aliphatic carbocycles. The largest absolute Gasteiger partial charge is 0.363 e. The fourth-order valence-corrected chi connectivity index (χ4v) is 4.20. The number of aryl methyl sites for hydroxylation is 2. The van der Waals surface area contributed by atoms with Gasteiger partial charge in [-0.15, -0.1) is 0 Å². The normalized spacial score (nSPS) is 15.6. The van der Waals surface area contributed by atoms with Crippen LogP contribution in [0.1, 0.15) is 29.3 Å². The number of fused-ring (bicyclic) bond motifs is 1. The summed E-state index contributed by atoms with van der Waals surface area (Å²) in [6.07, 6.45) is 2.03. The van der Waals surface area contributed by atoms with Gasteiger partial charge in [0.15, 0.2) is 0 Å². The first-order chi connectivity index (χ1) is 13.0. The summed E-state index contributed by atoms with van der Waals surface area (Å²) < 4.78 is 1.61. The Kier molecular flexibility index (Phi) is 4.70. The minimum Gasteiger partial charge on any atom is -0.363 e. The van der Waals surface area contributed by atoms with E-state index in [0.717, 1.165) is 24.4 Å². The van der Waals surface area contributed by atoms with Crippen molar-refractivity contribution in [1.29, 1.82) is 0 Å². The number of rotatable bonds is 3. The number of aromatic nitrogens is 2. The lowest BCUT2D eigenvalue weighted by atomic mass is 10.1. The monoisotopic (exact) mass is 399 g/mol. The van der Waals surface area contributed by atoms with Gasteiger partial charge >= 0.3 is 0 Å². The van der Waals surface area contributed by atoms with Crippen LogP contribution in [0, 0.1) is 6.92 Å². The van der Waals surface area contributed by atoms with Crippen molar-refractivity contribution in [3.8, 4) is 11.3 Å². The number of hydrogen-bond acceptors (Lipinski definition) is 3. The maximum atomic E-state index is 13.0. The van der Waals surface area contributed by atoms with Crippen molar-refractivity contribution in [3.05, 3.63) is 79.7 Å². The van der Waals surface area contributed by atoms with Gasteiger partial charge in [0.2, 0.25) is 0 Å². The van der Waals surface area contributed by atoms with Crippen molar-refractivity contribution in [2.45, 2.75) is 25.8 Å². The number of hydrogen-bond donors (Lipinski definition) is 1. The summed E-state index contributed by atoms with van der Waals surface area (Å²) in [4.78, 5) is 17.5. The zero-order valence-electron chi connectivity index (χ0n) is 15.1. The van der Waals surface area contributed by atoms with Crippen LogP contribution in [0.2, 0.25) is 10.0 Å². The molecule has 4 rings (SSSR count). The van der Waals surface area contributed by atoms with Crippen LogP contribution < -0.4 is 10.9 Å². The van der Waals surface area contributed by atoms with E-state index in [1.807, 2.05) is 6.92 Å². The molecule has 138 valence electrons. The summed E-state index contributed by atoms with van der Waals surface area (Å²) in [6, 6.07) is 13.7. The molecule has 3 aromatic rings. The molecule has 1 aliphatic rings. The predicted octanol–water partition coefficient (Wildman–Crippen LogP) is 5.16. The molecule has 2 aromatic carbocycles. The zero-order valence-corrected chi connectivity index (χ0v) is 16.6. The van der Waals surface area contributed by atoms with Gasteiger partial charge in [-0.25, -0.2) is 4.98 Å². The molecule has 0 radical (unpaired) electrons. The van der Waals surface area contributed by atoms with E-state index in [-0.39, 0.29) is 11.6 Å². The Bertz CT molecular complexity index is 1090. The topological polar surface area (TPSA) is 46.9 Å². The Morgan fingerprint density at radius 1 is 1.19 bits per heavy atom. The van der Waals surface area contributed by atoms with Crippen LogP contribution in [0.5, 0.6) is 0 Å². The third-order valence-corrected chi connectivity index (χ3v) is 5.64. The molecule has 1 atom stereocenters. The van der Waals surface area contributed by atoms with Gasteiger partial charge in [0, 0.05) is 17.6 Å². The first-order valence-corrected chi connectivity index (χ1v) is 9.58. The Balaban J connectivity index is 1.74. The van der Waals surface area contributed by atoms with Crippen LogP contribution in [0.25, 0.3) is 11.3 Å². The van der Waals surface area contributed by atoms with E-state index in [4.69, 9.17) is 23.2 Å². The summed E-state index contributed by atoms with van der Waals surface area (Å²) in [5.41, 5.74) is 4.11. The maximum absolute atomic E-state index is 13.0. The number of benzene rings is 2. The Hall–Kier alpha value is -2.30. The first kappa shape index (κ1) is 18.1. The van der Waals surface area contributed by atoms with Crippen molar-refractivity contribution in [1.82, 2.24) is 9.55 Å². The molecule has 0 saturated carbocycles. The lowest BCUT2D eigenvalue weighted by Gasteiger charge is -2.20. The van der Waals surface area contributed by atoms with Gasteiger partial charge in [-0.05, 0) is 49.1 Å². The zero-order chi connectivity index (χ0) is 19.1. The highest BCUT2D eigenvalue weighted by molar-refractivity contribution is 6.36. The number of nitrogens with one attached hydrogen (secondary N) is 1. The second-order valence-electron chi connectivity index (χ2n) is 6.82. The van der Waals surface area contributed by atoms with Crippen molar-refractivity contribution in [3.63, 3.8) is 0 Å². The average molecular weight is 400 g/mol. The second-order valence-corrected chi connectivity index (χ2v) is 7.66. The van der Waals surface area contributed by atoms with E-state index in [9.17, 15) is 4.79 Å². The van der Waals surface area contributed by atoms with Crippen LogP contribution in [0.15, 0.2) is 47.3 Å². The predicted molar refractivity (Wildman–Crippen MR) is 111 cm³/mol. The van der Waals surface area contributed by atoms with E-state index in [2.05, 4.69) is 34.6 Å². The minimum absolute atomic E-state index is 0.178. The van der Waals surface area contributed by atoms with Gasteiger partial charge in [0.25, 0.3) is 5.56 Å². The molecule has 1 N–H and O–H groups in total. The van der Waals surface area contributed by atoms with Gasteiger partial charge in [0.05, 0.1) is 16.8 Å². The highest BCUT2D eigenvalue weighted by Gasteiger charge is 2.24. The average Bonchev–Trinajstić information content (AvgIpc) is 3.05.